The Morgan fingerprint density at radius 2 is 2.19 bits per heavy atom. The van der Waals surface area contributed by atoms with Crippen molar-refractivity contribution in [2.24, 2.45) is 5.41 Å². The predicted molar refractivity (Wildman–Crippen MR) is 69.4 cm³/mol. The van der Waals surface area contributed by atoms with Crippen LogP contribution in [0.1, 0.15) is 59.8 Å². The van der Waals surface area contributed by atoms with Crippen molar-refractivity contribution in [3.63, 3.8) is 0 Å². The number of allylic oxidation sites excluding steroid dienone is 4. The van der Waals surface area contributed by atoms with E-state index in [0.717, 1.165) is 18.3 Å². The van der Waals surface area contributed by atoms with Crippen LogP contribution in [0.25, 0.3) is 0 Å². The molecule has 0 aliphatic heterocycles. The lowest BCUT2D eigenvalue weighted by molar-refractivity contribution is -0.104. The van der Waals surface area contributed by atoms with Crippen LogP contribution in [0.5, 0.6) is 0 Å². The van der Waals surface area contributed by atoms with Crippen molar-refractivity contribution in [1.29, 1.82) is 0 Å². The third-order valence-corrected chi connectivity index (χ3v) is 4.12. The summed E-state index contributed by atoms with van der Waals surface area (Å²) in [6, 6.07) is 0. The van der Waals surface area contributed by atoms with Crippen LogP contribution in [0.15, 0.2) is 22.8 Å². The maximum Gasteiger partial charge on any atom is 0.145 e. The van der Waals surface area contributed by atoms with Crippen LogP contribution in [0.2, 0.25) is 0 Å². The first-order valence-corrected chi connectivity index (χ1v) is 6.34. The minimum absolute atomic E-state index is 0.363. The van der Waals surface area contributed by atoms with Crippen LogP contribution in [0.3, 0.4) is 0 Å². The third-order valence-electron chi connectivity index (χ3n) is 4.12. The first-order valence-electron chi connectivity index (χ1n) is 6.34. The quantitative estimate of drug-likeness (QED) is 0.389. The lowest BCUT2D eigenvalue weighted by Crippen LogP contribution is -2.23. The van der Waals surface area contributed by atoms with Crippen molar-refractivity contribution in [3.05, 3.63) is 22.8 Å². The molecule has 1 aliphatic rings. The Labute approximate surface area is 99.6 Å². The highest BCUT2D eigenvalue weighted by atomic mass is 16.1. The topological polar surface area (TPSA) is 17.1 Å². The van der Waals surface area contributed by atoms with Crippen LogP contribution in [-0.2, 0) is 4.79 Å². The molecule has 0 aromatic heterocycles. The highest BCUT2D eigenvalue weighted by Gasteiger charge is 2.30. The van der Waals surface area contributed by atoms with Crippen LogP contribution in [0.4, 0.5) is 0 Å². The number of rotatable bonds is 4. The number of carbonyl (C=O) groups is 1. The van der Waals surface area contributed by atoms with Gasteiger partial charge in [-0.25, -0.2) is 0 Å². The van der Waals surface area contributed by atoms with Crippen molar-refractivity contribution in [2.75, 3.05) is 0 Å². The summed E-state index contributed by atoms with van der Waals surface area (Å²) < 4.78 is 0. The fourth-order valence-electron chi connectivity index (χ4n) is 2.68. The first kappa shape index (κ1) is 13.2. The normalized spacial score (nSPS) is 27.1. The maximum absolute atomic E-state index is 10.6. The van der Waals surface area contributed by atoms with Crippen molar-refractivity contribution in [1.82, 2.24) is 0 Å². The van der Waals surface area contributed by atoms with Crippen LogP contribution < -0.4 is 0 Å². The lowest BCUT2D eigenvalue weighted by atomic mass is 9.68. The molecule has 0 spiro atoms. The molecule has 0 radical (unpaired) electrons. The van der Waals surface area contributed by atoms with Gasteiger partial charge in [0.15, 0.2) is 0 Å². The zero-order valence-electron chi connectivity index (χ0n) is 11.1. The van der Waals surface area contributed by atoms with Crippen molar-refractivity contribution < 1.29 is 4.79 Å². The Morgan fingerprint density at radius 1 is 1.50 bits per heavy atom. The average molecular weight is 220 g/mol. The second-order valence-corrected chi connectivity index (χ2v) is 5.30. The standard InChI is InChI=1S/C15H24O/c1-5-15(4)10-6-7-13(3)14(15)9-8-12(2)11-16/h8,11H,5-7,9-10H2,1-4H3/b12-8+. The van der Waals surface area contributed by atoms with Gasteiger partial charge in [-0.3, -0.25) is 4.79 Å². The van der Waals surface area contributed by atoms with Crippen molar-refractivity contribution >= 4 is 6.29 Å². The summed E-state index contributed by atoms with van der Waals surface area (Å²) in [5.74, 6) is 0. The number of hydrogen-bond acceptors (Lipinski definition) is 1. The van der Waals surface area contributed by atoms with E-state index >= 15 is 0 Å². The fourth-order valence-corrected chi connectivity index (χ4v) is 2.68. The fraction of sp³-hybridized carbons (Fsp3) is 0.667. The van der Waals surface area contributed by atoms with E-state index < -0.39 is 0 Å². The summed E-state index contributed by atoms with van der Waals surface area (Å²) in [6.45, 7) is 8.78. The van der Waals surface area contributed by atoms with E-state index in [1.807, 2.05) is 6.92 Å². The molecule has 0 fully saturated rings. The smallest absolute Gasteiger partial charge is 0.145 e. The molecule has 1 nitrogen and oxygen atoms in total. The highest BCUT2D eigenvalue weighted by molar-refractivity contribution is 5.72. The second kappa shape index (κ2) is 5.47. The Balaban J connectivity index is 2.92. The lowest BCUT2D eigenvalue weighted by Gasteiger charge is -2.37. The molecule has 0 aromatic carbocycles. The monoisotopic (exact) mass is 220 g/mol. The number of hydrogen-bond donors (Lipinski definition) is 0. The van der Waals surface area contributed by atoms with Gasteiger partial charge in [0.25, 0.3) is 0 Å². The molecule has 1 rings (SSSR count). The highest BCUT2D eigenvalue weighted by Crippen LogP contribution is 2.44. The summed E-state index contributed by atoms with van der Waals surface area (Å²) in [5.41, 5.74) is 4.33. The molecule has 1 heteroatoms. The summed E-state index contributed by atoms with van der Waals surface area (Å²) >= 11 is 0. The Hall–Kier alpha value is -0.850. The van der Waals surface area contributed by atoms with Crippen molar-refractivity contribution in [3.8, 4) is 0 Å². The second-order valence-electron chi connectivity index (χ2n) is 5.30. The summed E-state index contributed by atoms with van der Waals surface area (Å²) in [6.07, 6.45) is 9.03. The summed E-state index contributed by atoms with van der Waals surface area (Å²) in [7, 11) is 0. The molecule has 0 saturated carbocycles. The summed E-state index contributed by atoms with van der Waals surface area (Å²) in [5, 5.41) is 0. The molecular formula is C15H24O. The molecule has 0 bridgehead atoms. The van der Waals surface area contributed by atoms with Gasteiger partial charge in [0, 0.05) is 0 Å². The van der Waals surface area contributed by atoms with Gasteiger partial charge in [0.05, 0.1) is 0 Å². The van der Waals surface area contributed by atoms with Crippen LogP contribution in [-0.4, -0.2) is 6.29 Å². The van der Waals surface area contributed by atoms with E-state index in [2.05, 4.69) is 26.8 Å². The number of aldehydes is 1. The molecular weight excluding hydrogens is 196 g/mol. The van der Waals surface area contributed by atoms with Gasteiger partial charge in [0.1, 0.15) is 6.29 Å². The van der Waals surface area contributed by atoms with E-state index in [4.69, 9.17) is 0 Å². The zero-order valence-corrected chi connectivity index (χ0v) is 11.1. The van der Waals surface area contributed by atoms with Crippen molar-refractivity contribution in [2.45, 2.75) is 59.8 Å². The Morgan fingerprint density at radius 3 is 2.75 bits per heavy atom. The van der Waals surface area contributed by atoms with E-state index in [1.165, 1.54) is 25.7 Å². The van der Waals surface area contributed by atoms with Crippen LogP contribution in [0, 0.1) is 5.41 Å². The molecule has 0 amide bonds. The molecule has 90 valence electrons. The molecule has 0 aromatic rings. The largest absolute Gasteiger partial charge is 0.298 e. The van der Waals surface area contributed by atoms with Crippen LogP contribution >= 0.6 is 0 Å². The van der Waals surface area contributed by atoms with Gasteiger partial charge in [-0.2, -0.15) is 0 Å². The molecule has 0 N–H and O–H groups in total. The average Bonchev–Trinajstić information content (AvgIpc) is 2.28. The molecule has 1 atom stereocenters. The first-order chi connectivity index (χ1) is 7.53. The minimum Gasteiger partial charge on any atom is -0.298 e. The van der Waals surface area contributed by atoms with Gasteiger partial charge in [-0.15, -0.1) is 0 Å². The minimum atomic E-state index is 0.363. The van der Waals surface area contributed by atoms with Gasteiger partial charge in [0.2, 0.25) is 0 Å². The van der Waals surface area contributed by atoms with Gasteiger partial charge >= 0.3 is 0 Å². The third kappa shape index (κ3) is 2.84. The van der Waals surface area contributed by atoms with E-state index in [1.54, 1.807) is 11.1 Å². The molecule has 0 saturated heterocycles. The number of carbonyl (C=O) groups excluding carboxylic acids is 1. The maximum atomic E-state index is 10.6. The predicted octanol–water partition coefficient (Wildman–Crippen LogP) is 4.44. The summed E-state index contributed by atoms with van der Waals surface area (Å²) in [4.78, 5) is 10.6. The van der Waals surface area contributed by atoms with Gasteiger partial charge in [-0.1, -0.05) is 31.1 Å². The molecule has 0 heterocycles. The van der Waals surface area contributed by atoms with E-state index in [-0.39, 0.29) is 0 Å². The molecule has 1 unspecified atom stereocenters. The van der Waals surface area contributed by atoms with Gasteiger partial charge in [-0.05, 0) is 56.9 Å². The molecule has 1 aliphatic carbocycles. The molecule has 16 heavy (non-hydrogen) atoms. The Bertz CT molecular complexity index is 322. The Kier molecular flexibility index (Phi) is 4.52. The van der Waals surface area contributed by atoms with Gasteiger partial charge < -0.3 is 0 Å². The van der Waals surface area contributed by atoms with E-state index in [9.17, 15) is 4.79 Å². The zero-order chi connectivity index (χ0) is 12.2. The SMILES string of the molecule is CCC1(C)CCCC(C)=C1C/C=C(\C)C=O. The van der Waals surface area contributed by atoms with E-state index in [0.29, 0.717) is 5.41 Å².